The number of fused-ring (bicyclic) bond motifs is 1. The van der Waals surface area contributed by atoms with Gasteiger partial charge in [0.15, 0.2) is 5.76 Å². The van der Waals surface area contributed by atoms with Gasteiger partial charge in [-0.05, 0) is 54.0 Å². The third-order valence-corrected chi connectivity index (χ3v) is 5.96. The zero-order valence-electron chi connectivity index (χ0n) is 16.2. The van der Waals surface area contributed by atoms with Gasteiger partial charge in [-0.2, -0.15) is 0 Å². The van der Waals surface area contributed by atoms with E-state index in [2.05, 4.69) is 66.8 Å². The Morgan fingerprint density at radius 1 is 1.15 bits per heavy atom. The Morgan fingerprint density at radius 3 is 2.78 bits per heavy atom. The minimum absolute atomic E-state index is 0.402. The highest BCUT2D eigenvalue weighted by atomic mass is 16.5. The van der Waals surface area contributed by atoms with Gasteiger partial charge in [0.05, 0.1) is 5.69 Å². The Hall–Kier alpha value is -2.17. The molecule has 0 aliphatic heterocycles. The molecule has 4 rings (SSSR count). The van der Waals surface area contributed by atoms with Crippen molar-refractivity contribution in [3.05, 3.63) is 54.2 Å². The summed E-state index contributed by atoms with van der Waals surface area (Å²) in [5.74, 6) is 1.35. The van der Waals surface area contributed by atoms with Crippen molar-refractivity contribution in [3.8, 4) is 11.3 Å². The van der Waals surface area contributed by atoms with Gasteiger partial charge in [0.1, 0.15) is 0 Å². The average molecular weight is 364 g/mol. The van der Waals surface area contributed by atoms with E-state index >= 15 is 0 Å². The van der Waals surface area contributed by atoms with E-state index in [9.17, 15) is 0 Å². The second-order valence-corrected chi connectivity index (χ2v) is 8.63. The SMILES string of the molecule is CC1(C)CCC(NCc2cc(-c3ccc4ccccc4c3)on2)C(CN)C1. The van der Waals surface area contributed by atoms with Gasteiger partial charge in [-0.1, -0.05) is 55.4 Å². The summed E-state index contributed by atoms with van der Waals surface area (Å²) in [6, 6.07) is 17.2. The number of hydrogen-bond donors (Lipinski definition) is 2. The number of nitrogens with one attached hydrogen (secondary N) is 1. The normalized spacial score (nSPS) is 22.2. The summed E-state index contributed by atoms with van der Waals surface area (Å²) in [7, 11) is 0. The van der Waals surface area contributed by atoms with Crippen molar-refractivity contribution in [1.82, 2.24) is 10.5 Å². The van der Waals surface area contributed by atoms with E-state index in [4.69, 9.17) is 10.3 Å². The van der Waals surface area contributed by atoms with E-state index in [-0.39, 0.29) is 0 Å². The number of hydrogen-bond acceptors (Lipinski definition) is 4. The molecule has 0 saturated heterocycles. The monoisotopic (exact) mass is 363 g/mol. The molecule has 1 saturated carbocycles. The lowest BCUT2D eigenvalue weighted by atomic mass is 9.70. The van der Waals surface area contributed by atoms with E-state index in [1.807, 2.05) is 6.07 Å². The van der Waals surface area contributed by atoms with Gasteiger partial charge >= 0.3 is 0 Å². The highest BCUT2D eigenvalue weighted by Gasteiger charge is 2.33. The molecule has 1 fully saturated rings. The van der Waals surface area contributed by atoms with Crippen molar-refractivity contribution >= 4 is 10.8 Å². The quantitative estimate of drug-likeness (QED) is 0.687. The molecular weight excluding hydrogens is 334 g/mol. The predicted molar refractivity (Wildman–Crippen MR) is 110 cm³/mol. The van der Waals surface area contributed by atoms with E-state index in [0.29, 0.717) is 17.4 Å². The lowest BCUT2D eigenvalue weighted by Crippen LogP contribution is -2.45. The molecule has 27 heavy (non-hydrogen) atoms. The Morgan fingerprint density at radius 2 is 1.96 bits per heavy atom. The fourth-order valence-electron chi connectivity index (χ4n) is 4.36. The molecule has 1 aromatic heterocycles. The highest BCUT2D eigenvalue weighted by Crippen LogP contribution is 2.38. The minimum Gasteiger partial charge on any atom is -0.356 e. The van der Waals surface area contributed by atoms with Crippen LogP contribution in [0.1, 0.15) is 38.8 Å². The van der Waals surface area contributed by atoms with Gasteiger partial charge in [0.2, 0.25) is 0 Å². The Bertz CT molecular complexity index is 915. The van der Waals surface area contributed by atoms with Gasteiger partial charge in [-0.3, -0.25) is 0 Å². The second-order valence-electron chi connectivity index (χ2n) is 8.63. The van der Waals surface area contributed by atoms with E-state index in [1.54, 1.807) is 0 Å². The van der Waals surface area contributed by atoms with Gasteiger partial charge in [0.25, 0.3) is 0 Å². The van der Waals surface area contributed by atoms with Gasteiger partial charge in [-0.25, -0.2) is 0 Å². The smallest absolute Gasteiger partial charge is 0.167 e. The van der Waals surface area contributed by atoms with Crippen molar-refractivity contribution in [1.29, 1.82) is 0 Å². The number of benzene rings is 2. The molecule has 3 N–H and O–H groups in total. The third kappa shape index (κ3) is 4.07. The number of aromatic nitrogens is 1. The maximum absolute atomic E-state index is 6.04. The molecule has 4 heteroatoms. The van der Waals surface area contributed by atoms with Crippen molar-refractivity contribution in [2.75, 3.05) is 6.54 Å². The van der Waals surface area contributed by atoms with Crippen LogP contribution in [0.4, 0.5) is 0 Å². The van der Waals surface area contributed by atoms with Crippen molar-refractivity contribution in [3.63, 3.8) is 0 Å². The molecule has 0 amide bonds. The maximum Gasteiger partial charge on any atom is 0.167 e. The fraction of sp³-hybridized carbons (Fsp3) is 0.435. The van der Waals surface area contributed by atoms with E-state index in [0.717, 1.165) is 30.1 Å². The molecule has 3 aromatic rings. The molecule has 2 atom stereocenters. The standard InChI is InChI=1S/C23H29N3O/c1-23(2)10-9-21(19(13-23)14-24)25-15-20-12-22(27-26-20)18-8-7-16-5-3-4-6-17(16)11-18/h3-8,11-12,19,21,25H,9-10,13-15,24H2,1-2H3. The first-order valence-corrected chi connectivity index (χ1v) is 9.92. The van der Waals surface area contributed by atoms with Crippen molar-refractivity contribution in [2.45, 2.75) is 45.7 Å². The zero-order valence-corrected chi connectivity index (χ0v) is 16.2. The van der Waals surface area contributed by atoms with E-state index in [1.165, 1.54) is 30.0 Å². The molecule has 2 aromatic carbocycles. The highest BCUT2D eigenvalue weighted by molar-refractivity contribution is 5.86. The number of nitrogens with two attached hydrogens (primary N) is 1. The second kappa shape index (κ2) is 7.45. The van der Waals surface area contributed by atoms with Crippen molar-refractivity contribution in [2.24, 2.45) is 17.1 Å². The molecule has 0 radical (unpaired) electrons. The summed E-state index contributed by atoms with van der Waals surface area (Å²) >= 11 is 0. The zero-order chi connectivity index (χ0) is 18.9. The molecule has 2 unspecified atom stereocenters. The van der Waals surface area contributed by atoms with Crippen LogP contribution in [-0.2, 0) is 6.54 Å². The number of nitrogens with zero attached hydrogens (tertiary/aromatic N) is 1. The Labute approximate surface area is 161 Å². The van der Waals surface area contributed by atoms with Gasteiger partial charge in [-0.15, -0.1) is 0 Å². The first-order valence-electron chi connectivity index (χ1n) is 9.92. The van der Waals surface area contributed by atoms with Gasteiger partial charge in [0, 0.05) is 24.2 Å². The summed E-state index contributed by atoms with van der Waals surface area (Å²) in [6.45, 7) is 6.15. The van der Waals surface area contributed by atoms with Crippen molar-refractivity contribution < 1.29 is 4.52 Å². The summed E-state index contributed by atoms with van der Waals surface area (Å²) in [5.41, 5.74) is 8.44. The predicted octanol–water partition coefficient (Wildman–Crippen LogP) is 4.74. The summed E-state index contributed by atoms with van der Waals surface area (Å²) in [6.07, 6.45) is 3.59. The molecule has 0 spiro atoms. The molecule has 4 nitrogen and oxygen atoms in total. The summed E-state index contributed by atoms with van der Waals surface area (Å²) in [4.78, 5) is 0. The third-order valence-electron chi connectivity index (χ3n) is 5.96. The average Bonchev–Trinajstić information content (AvgIpc) is 3.15. The lowest BCUT2D eigenvalue weighted by Gasteiger charge is -2.40. The first-order chi connectivity index (χ1) is 13.0. The Balaban J connectivity index is 1.43. The van der Waals surface area contributed by atoms with Crippen LogP contribution < -0.4 is 11.1 Å². The summed E-state index contributed by atoms with van der Waals surface area (Å²) in [5, 5.41) is 10.4. The van der Waals surface area contributed by atoms with Crippen LogP contribution in [-0.4, -0.2) is 17.7 Å². The van der Waals surface area contributed by atoms with Crippen LogP contribution in [0.3, 0.4) is 0 Å². The maximum atomic E-state index is 6.04. The lowest BCUT2D eigenvalue weighted by molar-refractivity contribution is 0.141. The molecule has 142 valence electrons. The first kappa shape index (κ1) is 18.2. The molecule has 1 aliphatic rings. The molecule has 1 aliphatic carbocycles. The molecule has 0 bridgehead atoms. The summed E-state index contributed by atoms with van der Waals surface area (Å²) < 4.78 is 5.61. The molecular formula is C23H29N3O. The van der Waals surface area contributed by atoms with Crippen LogP contribution in [0.5, 0.6) is 0 Å². The Kier molecular flexibility index (Phi) is 5.02. The fourth-order valence-corrected chi connectivity index (χ4v) is 4.36. The van der Waals surface area contributed by atoms with Crippen LogP contribution in [0.25, 0.3) is 22.1 Å². The van der Waals surface area contributed by atoms with Crippen LogP contribution >= 0.6 is 0 Å². The largest absolute Gasteiger partial charge is 0.356 e. The van der Waals surface area contributed by atoms with Crippen LogP contribution in [0.2, 0.25) is 0 Å². The number of rotatable bonds is 5. The van der Waals surface area contributed by atoms with Crippen LogP contribution in [0.15, 0.2) is 53.1 Å². The van der Waals surface area contributed by atoms with Gasteiger partial charge < -0.3 is 15.6 Å². The minimum atomic E-state index is 0.402. The van der Waals surface area contributed by atoms with E-state index < -0.39 is 0 Å². The van der Waals surface area contributed by atoms with Crippen LogP contribution in [0, 0.1) is 11.3 Å². The molecule has 1 heterocycles. The topological polar surface area (TPSA) is 64.1 Å².